The van der Waals surface area contributed by atoms with Gasteiger partial charge in [-0.1, -0.05) is 6.07 Å². The highest BCUT2D eigenvalue weighted by Crippen LogP contribution is 2.38. The number of rotatable bonds is 2. The van der Waals surface area contributed by atoms with Gasteiger partial charge >= 0.3 is 11.5 Å². The average molecular weight is 354 g/mol. The Bertz CT molecular complexity index is 558. The number of fused-ring (bicyclic) bond motifs is 1. The molecule has 3 rings (SSSR count). The van der Waals surface area contributed by atoms with E-state index in [1.54, 1.807) is 21.9 Å². The molecule has 9 heteroatoms. The first-order valence-electron chi connectivity index (χ1n) is 6.59. The number of nitrogens with one attached hydrogen (secondary N) is 1. The molecule has 2 heterocycles. The SMILES string of the molecule is Cl.O=C1N(c2cccc(SC(F)(F)F)c2)CC2CNCCN12. The second kappa shape index (κ2) is 6.55. The maximum absolute atomic E-state index is 12.4. The van der Waals surface area contributed by atoms with Crippen molar-refractivity contribution >= 4 is 35.9 Å². The van der Waals surface area contributed by atoms with Crippen molar-refractivity contribution in [2.24, 2.45) is 0 Å². The van der Waals surface area contributed by atoms with E-state index in [1.165, 1.54) is 12.1 Å². The van der Waals surface area contributed by atoms with Gasteiger partial charge in [0, 0.05) is 36.8 Å². The van der Waals surface area contributed by atoms with Crippen molar-refractivity contribution in [3.05, 3.63) is 24.3 Å². The summed E-state index contributed by atoms with van der Waals surface area (Å²) in [5.41, 5.74) is -3.81. The molecule has 22 heavy (non-hydrogen) atoms. The van der Waals surface area contributed by atoms with E-state index in [0.717, 1.165) is 13.1 Å². The van der Waals surface area contributed by atoms with Crippen molar-refractivity contribution in [3.8, 4) is 0 Å². The first kappa shape index (κ1) is 17.2. The van der Waals surface area contributed by atoms with Gasteiger partial charge < -0.3 is 10.2 Å². The van der Waals surface area contributed by atoms with Crippen molar-refractivity contribution in [2.45, 2.75) is 16.4 Å². The Morgan fingerprint density at radius 3 is 2.77 bits per heavy atom. The third-order valence-corrected chi connectivity index (χ3v) is 4.30. The van der Waals surface area contributed by atoms with E-state index in [9.17, 15) is 18.0 Å². The number of carbonyl (C=O) groups is 1. The molecule has 2 fully saturated rings. The predicted octanol–water partition coefficient (Wildman–Crippen LogP) is 2.93. The Hall–Kier alpha value is -1.12. The Morgan fingerprint density at radius 1 is 1.32 bits per heavy atom. The van der Waals surface area contributed by atoms with Gasteiger partial charge in [0.1, 0.15) is 0 Å². The van der Waals surface area contributed by atoms with Crippen LogP contribution in [0.3, 0.4) is 0 Å². The molecular weight excluding hydrogens is 339 g/mol. The standard InChI is InChI=1S/C13H14F3N3OS.ClH/c14-13(15,16)21-11-3-1-2-9(6-11)19-8-10-7-17-4-5-18(10)12(19)20;/h1-3,6,10,17H,4-5,7-8H2;1H. The molecule has 4 nitrogen and oxygen atoms in total. The fourth-order valence-corrected chi connectivity index (χ4v) is 3.28. The average Bonchev–Trinajstić information content (AvgIpc) is 2.75. The molecule has 1 aromatic carbocycles. The fourth-order valence-electron chi connectivity index (χ4n) is 2.68. The molecule has 1 aromatic rings. The zero-order valence-electron chi connectivity index (χ0n) is 11.5. The van der Waals surface area contributed by atoms with Crippen LogP contribution < -0.4 is 10.2 Å². The number of urea groups is 1. The number of thioether (sulfide) groups is 1. The number of carbonyl (C=O) groups excluding carboxylic acids is 1. The highest BCUT2D eigenvalue weighted by atomic mass is 35.5. The van der Waals surface area contributed by atoms with Gasteiger partial charge in [-0.15, -0.1) is 12.4 Å². The first-order chi connectivity index (χ1) is 9.94. The lowest BCUT2D eigenvalue weighted by molar-refractivity contribution is -0.0328. The van der Waals surface area contributed by atoms with Gasteiger partial charge in [-0.05, 0) is 30.0 Å². The minimum Gasteiger partial charge on any atom is -0.317 e. The van der Waals surface area contributed by atoms with Crippen molar-refractivity contribution in [1.82, 2.24) is 10.2 Å². The predicted molar refractivity (Wildman–Crippen MR) is 81.7 cm³/mol. The lowest BCUT2D eigenvalue weighted by atomic mass is 10.2. The number of nitrogens with zero attached hydrogens (tertiary/aromatic N) is 2. The summed E-state index contributed by atoms with van der Waals surface area (Å²) < 4.78 is 37.3. The van der Waals surface area contributed by atoms with E-state index in [4.69, 9.17) is 0 Å². The molecule has 0 bridgehead atoms. The normalized spacial score (nSPS) is 21.6. The van der Waals surface area contributed by atoms with Crippen molar-refractivity contribution in [3.63, 3.8) is 0 Å². The number of hydrogen-bond acceptors (Lipinski definition) is 3. The molecule has 0 aliphatic carbocycles. The van der Waals surface area contributed by atoms with Crippen molar-refractivity contribution in [2.75, 3.05) is 31.1 Å². The summed E-state index contributed by atoms with van der Waals surface area (Å²) in [6.45, 7) is 2.61. The molecule has 1 N–H and O–H groups in total. The molecule has 0 aromatic heterocycles. The van der Waals surface area contributed by atoms with Gasteiger partial charge in [-0.3, -0.25) is 4.90 Å². The second-order valence-electron chi connectivity index (χ2n) is 4.99. The molecule has 2 amide bonds. The van der Waals surface area contributed by atoms with Crippen molar-refractivity contribution < 1.29 is 18.0 Å². The zero-order valence-corrected chi connectivity index (χ0v) is 13.1. The maximum Gasteiger partial charge on any atom is 0.446 e. The smallest absolute Gasteiger partial charge is 0.317 e. The number of benzene rings is 1. The van der Waals surface area contributed by atoms with Crippen LogP contribution in [-0.4, -0.2) is 48.7 Å². The summed E-state index contributed by atoms with van der Waals surface area (Å²) >= 11 is -0.164. The minimum absolute atomic E-state index is 0. The molecule has 1 atom stereocenters. The number of hydrogen-bond donors (Lipinski definition) is 1. The number of anilines is 1. The van der Waals surface area contributed by atoms with E-state index in [2.05, 4.69) is 5.32 Å². The quantitative estimate of drug-likeness (QED) is 0.830. The van der Waals surface area contributed by atoms with E-state index < -0.39 is 5.51 Å². The Morgan fingerprint density at radius 2 is 2.09 bits per heavy atom. The summed E-state index contributed by atoms with van der Waals surface area (Å²) in [6, 6.07) is 6.00. The topological polar surface area (TPSA) is 35.6 Å². The van der Waals surface area contributed by atoms with E-state index in [0.29, 0.717) is 18.8 Å². The molecule has 1 unspecified atom stereocenters. The largest absolute Gasteiger partial charge is 0.446 e. The Kier molecular flexibility index (Phi) is 5.14. The summed E-state index contributed by atoms with van der Waals surface area (Å²) in [5.74, 6) is 0. The molecule has 122 valence electrons. The molecule has 2 aliphatic rings. The highest BCUT2D eigenvalue weighted by Gasteiger charge is 2.39. The minimum atomic E-state index is -4.32. The van der Waals surface area contributed by atoms with E-state index in [1.807, 2.05) is 0 Å². The maximum atomic E-state index is 12.4. The summed E-state index contributed by atoms with van der Waals surface area (Å²) in [5, 5.41) is 3.22. The second-order valence-corrected chi connectivity index (χ2v) is 6.13. The van der Waals surface area contributed by atoms with Crippen LogP contribution in [0, 0.1) is 0 Å². The van der Waals surface area contributed by atoms with Crippen LogP contribution in [0.2, 0.25) is 0 Å². The van der Waals surface area contributed by atoms with Crippen LogP contribution in [0.25, 0.3) is 0 Å². The fraction of sp³-hybridized carbons (Fsp3) is 0.462. The highest BCUT2D eigenvalue weighted by molar-refractivity contribution is 8.00. The van der Waals surface area contributed by atoms with Crippen LogP contribution in [0.15, 0.2) is 29.2 Å². The van der Waals surface area contributed by atoms with Crippen molar-refractivity contribution in [1.29, 1.82) is 0 Å². The Labute approximate surface area is 136 Å². The number of amides is 2. The number of alkyl halides is 3. The van der Waals surface area contributed by atoms with Gasteiger partial charge in [0.2, 0.25) is 0 Å². The number of piperazine rings is 1. The third-order valence-electron chi connectivity index (χ3n) is 3.58. The van der Waals surface area contributed by atoms with E-state index in [-0.39, 0.29) is 41.1 Å². The molecule has 0 spiro atoms. The van der Waals surface area contributed by atoms with Gasteiger partial charge in [-0.2, -0.15) is 13.2 Å². The van der Waals surface area contributed by atoms with Crippen LogP contribution in [-0.2, 0) is 0 Å². The lowest BCUT2D eigenvalue weighted by Crippen LogP contribution is -2.49. The third kappa shape index (κ3) is 3.61. The van der Waals surface area contributed by atoms with Crippen LogP contribution in [0.1, 0.15) is 0 Å². The van der Waals surface area contributed by atoms with Gasteiger partial charge in [0.15, 0.2) is 0 Å². The van der Waals surface area contributed by atoms with Crippen LogP contribution in [0.4, 0.5) is 23.7 Å². The zero-order chi connectivity index (χ0) is 15.0. The van der Waals surface area contributed by atoms with Crippen LogP contribution >= 0.6 is 24.2 Å². The molecular formula is C13H15ClF3N3OS. The molecule has 2 saturated heterocycles. The van der Waals surface area contributed by atoms with E-state index >= 15 is 0 Å². The molecule has 2 aliphatic heterocycles. The lowest BCUT2D eigenvalue weighted by Gasteiger charge is -2.28. The van der Waals surface area contributed by atoms with Crippen LogP contribution in [0.5, 0.6) is 0 Å². The summed E-state index contributed by atoms with van der Waals surface area (Å²) in [6.07, 6.45) is 0. The Balaban J connectivity index is 0.00000176. The molecule has 0 saturated carbocycles. The van der Waals surface area contributed by atoms with Gasteiger partial charge in [0.05, 0.1) is 6.04 Å². The monoisotopic (exact) mass is 353 g/mol. The first-order valence-corrected chi connectivity index (χ1v) is 7.40. The summed E-state index contributed by atoms with van der Waals surface area (Å²) in [7, 11) is 0. The van der Waals surface area contributed by atoms with Gasteiger partial charge in [0.25, 0.3) is 0 Å². The summed E-state index contributed by atoms with van der Waals surface area (Å²) in [4.78, 5) is 15.8. The van der Waals surface area contributed by atoms with Gasteiger partial charge in [-0.25, -0.2) is 4.79 Å². The molecule has 0 radical (unpaired) electrons. The number of halogens is 4.